The zero-order valence-corrected chi connectivity index (χ0v) is 29.2. The summed E-state index contributed by atoms with van der Waals surface area (Å²) >= 11 is 0. The molecular weight excluding hydrogens is 480 g/mol. The Bertz CT molecular complexity index is 426. The highest BCUT2D eigenvalue weighted by Gasteiger charge is 2.11. The van der Waals surface area contributed by atoms with Gasteiger partial charge in [-0.15, -0.1) is 0 Å². The van der Waals surface area contributed by atoms with Crippen molar-refractivity contribution in [3.63, 3.8) is 0 Å². The molecule has 0 nitrogen and oxygen atoms in total. The Kier molecular flexibility index (Phi) is 35.2. The monoisotopic (exact) mass is 563 g/mol. The van der Waals surface area contributed by atoms with Crippen LogP contribution in [0.3, 0.4) is 0 Å². The van der Waals surface area contributed by atoms with E-state index in [1.807, 2.05) is 0 Å². The molecule has 0 aromatic carbocycles. The molecular formula is C40H82. The molecule has 0 bridgehead atoms. The fourth-order valence-electron chi connectivity index (χ4n) is 6.60. The number of hydrogen-bond donors (Lipinski definition) is 0. The average Bonchev–Trinajstić information content (AvgIpc) is 2.96. The van der Waals surface area contributed by atoms with Crippen molar-refractivity contribution in [1.29, 1.82) is 0 Å². The van der Waals surface area contributed by atoms with Gasteiger partial charge in [-0.2, -0.15) is 0 Å². The van der Waals surface area contributed by atoms with Crippen LogP contribution in [0.1, 0.15) is 246 Å². The van der Waals surface area contributed by atoms with Crippen molar-refractivity contribution in [3.8, 4) is 0 Å². The molecule has 0 spiro atoms. The van der Waals surface area contributed by atoms with E-state index >= 15 is 0 Å². The molecule has 0 amide bonds. The van der Waals surface area contributed by atoms with Gasteiger partial charge in [0.25, 0.3) is 0 Å². The maximum Gasteiger partial charge on any atom is -0.0417 e. The minimum absolute atomic E-state index is 0.933. The van der Waals surface area contributed by atoms with Gasteiger partial charge in [0, 0.05) is 0 Å². The van der Waals surface area contributed by atoms with Crippen molar-refractivity contribution in [2.24, 2.45) is 11.8 Å². The molecule has 0 aromatic heterocycles. The van der Waals surface area contributed by atoms with Gasteiger partial charge in [0.05, 0.1) is 0 Å². The van der Waals surface area contributed by atoms with Crippen LogP contribution in [0.25, 0.3) is 0 Å². The van der Waals surface area contributed by atoms with E-state index in [0.29, 0.717) is 0 Å². The van der Waals surface area contributed by atoms with Crippen LogP contribution < -0.4 is 0 Å². The number of hydrogen-bond acceptors (Lipinski definition) is 0. The molecule has 0 radical (unpaired) electrons. The fraction of sp³-hybridized carbons (Fsp3) is 1.00. The summed E-state index contributed by atoms with van der Waals surface area (Å²) in [4.78, 5) is 0. The third-order valence-electron chi connectivity index (χ3n) is 10.00. The Morgan fingerprint density at radius 3 is 0.550 bits per heavy atom. The third-order valence-corrected chi connectivity index (χ3v) is 10.00. The van der Waals surface area contributed by atoms with Crippen LogP contribution in [0, 0.1) is 11.8 Å². The van der Waals surface area contributed by atoms with Crippen LogP contribution in [0.5, 0.6) is 0 Å². The van der Waals surface area contributed by atoms with Crippen molar-refractivity contribution in [3.05, 3.63) is 0 Å². The average molecular weight is 563 g/mol. The Labute approximate surface area is 257 Å². The Morgan fingerprint density at radius 2 is 0.375 bits per heavy atom. The normalized spacial score (nSPS) is 13.2. The van der Waals surface area contributed by atoms with Gasteiger partial charge in [0.2, 0.25) is 0 Å². The molecule has 0 N–H and O–H groups in total. The van der Waals surface area contributed by atoms with Crippen LogP contribution >= 0.6 is 0 Å². The molecule has 0 saturated heterocycles. The highest BCUT2D eigenvalue weighted by molar-refractivity contribution is 4.63. The summed E-state index contributed by atoms with van der Waals surface area (Å²) < 4.78 is 0. The van der Waals surface area contributed by atoms with Crippen molar-refractivity contribution >= 4 is 0 Å². The summed E-state index contributed by atoms with van der Waals surface area (Å²) in [5.74, 6) is 1.87. The molecule has 40 heavy (non-hydrogen) atoms. The lowest BCUT2D eigenvalue weighted by Crippen LogP contribution is -2.08. The molecule has 0 heteroatoms. The fourth-order valence-corrected chi connectivity index (χ4v) is 6.60. The number of unbranched alkanes of at least 4 members (excludes halogenated alkanes) is 30. The Morgan fingerprint density at radius 1 is 0.225 bits per heavy atom. The lowest BCUT2D eigenvalue weighted by atomic mass is 9.86. The molecule has 0 saturated carbocycles. The second-order valence-corrected chi connectivity index (χ2v) is 14.1. The SMILES string of the molecule is CCCCCCCCCCCCCCCCCCCC(C)C(C)CCCCCCCCCCCCCCCCC. The third kappa shape index (κ3) is 32.5. The second kappa shape index (κ2) is 35.2. The van der Waals surface area contributed by atoms with E-state index in [2.05, 4.69) is 27.7 Å². The zero-order chi connectivity index (χ0) is 29.2. The minimum atomic E-state index is 0.933. The summed E-state index contributed by atoms with van der Waals surface area (Å²) in [6.45, 7) is 9.68. The van der Waals surface area contributed by atoms with Crippen LogP contribution in [0.15, 0.2) is 0 Å². The molecule has 0 heterocycles. The first-order valence-electron chi connectivity index (χ1n) is 19.7. The smallest absolute Gasteiger partial charge is 0.0417 e. The quantitative estimate of drug-likeness (QED) is 0.0674. The van der Waals surface area contributed by atoms with E-state index in [0.717, 1.165) is 11.8 Å². The maximum atomic E-state index is 2.53. The molecule has 2 atom stereocenters. The van der Waals surface area contributed by atoms with E-state index in [1.165, 1.54) is 218 Å². The molecule has 0 aromatic rings. The van der Waals surface area contributed by atoms with Gasteiger partial charge < -0.3 is 0 Å². The molecule has 2 unspecified atom stereocenters. The van der Waals surface area contributed by atoms with Crippen LogP contribution in [-0.4, -0.2) is 0 Å². The van der Waals surface area contributed by atoms with Crippen molar-refractivity contribution in [2.75, 3.05) is 0 Å². The summed E-state index contributed by atoms with van der Waals surface area (Å²) in [5.41, 5.74) is 0. The van der Waals surface area contributed by atoms with Gasteiger partial charge in [-0.1, -0.05) is 246 Å². The highest BCUT2D eigenvalue weighted by atomic mass is 14.2. The van der Waals surface area contributed by atoms with Gasteiger partial charge in [-0.05, 0) is 11.8 Å². The molecule has 0 aliphatic rings. The second-order valence-electron chi connectivity index (χ2n) is 14.1. The van der Waals surface area contributed by atoms with Crippen LogP contribution in [0.4, 0.5) is 0 Å². The predicted octanol–water partition coefficient (Wildman–Crippen LogP) is 15.6. The lowest BCUT2D eigenvalue weighted by Gasteiger charge is -2.19. The van der Waals surface area contributed by atoms with Gasteiger partial charge in [0.1, 0.15) is 0 Å². The van der Waals surface area contributed by atoms with Crippen LogP contribution in [0.2, 0.25) is 0 Å². The highest BCUT2D eigenvalue weighted by Crippen LogP contribution is 2.24. The molecule has 242 valence electrons. The molecule has 0 fully saturated rings. The zero-order valence-electron chi connectivity index (χ0n) is 29.2. The van der Waals surface area contributed by atoms with Gasteiger partial charge in [-0.3, -0.25) is 0 Å². The first-order chi connectivity index (χ1) is 19.7. The Hall–Kier alpha value is 0. The largest absolute Gasteiger partial charge is 0.0654 e. The minimum Gasteiger partial charge on any atom is -0.0654 e. The summed E-state index contributed by atoms with van der Waals surface area (Å²) in [6, 6.07) is 0. The van der Waals surface area contributed by atoms with E-state index < -0.39 is 0 Å². The Balaban J connectivity index is 3.26. The molecule has 0 aliphatic heterocycles. The summed E-state index contributed by atoms with van der Waals surface area (Å²) in [6.07, 6.45) is 50.1. The molecule has 0 aliphatic carbocycles. The van der Waals surface area contributed by atoms with Gasteiger partial charge in [-0.25, -0.2) is 0 Å². The topological polar surface area (TPSA) is 0 Å². The molecule has 0 rings (SSSR count). The van der Waals surface area contributed by atoms with Gasteiger partial charge >= 0.3 is 0 Å². The summed E-state index contributed by atoms with van der Waals surface area (Å²) in [7, 11) is 0. The van der Waals surface area contributed by atoms with Crippen molar-refractivity contribution < 1.29 is 0 Å². The first-order valence-corrected chi connectivity index (χ1v) is 19.7. The number of rotatable bonds is 35. The van der Waals surface area contributed by atoms with E-state index in [-0.39, 0.29) is 0 Å². The predicted molar refractivity (Wildman–Crippen MR) is 187 cm³/mol. The lowest BCUT2D eigenvalue weighted by molar-refractivity contribution is 0.322. The summed E-state index contributed by atoms with van der Waals surface area (Å²) in [5, 5.41) is 0. The van der Waals surface area contributed by atoms with E-state index in [1.54, 1.807) is 0 Å². The van der Waals surface area contributed by atoms with Crippen molar-refractivity contribution in [2.45, 2.75) is 246 Å². The standard InChI is InChI=1S/C40H82/c1-5-7-9-11-13-15-17-19-21-22-24-26-28-30-32-34-36-38-40(4)39(3)37-35-33-31-29-27-25-23-20-18-16-14-12-10-8-6-2/h39-40H,5-38H2,1-4H3. The first kappa shape index (κ1) is 40.0. The van der Waals surface area contributed by atoms with Gasteiger partial charge in [0.15, 0.2) is 0 Å². The van der Waals surface area contributed by atoms with E-state index in [4.69, 9.17) is 0 Å². The van der Waals surface area contributed by atoms with Crippen molar-refractivity contribution in [1.82, 2.24) is 0 Å². The van der Waals surface area contributed by atoms with E-state index in [9.17, 15) is 0 Å². The maximum absolute atomic E-state index is 2.53. The van der Waals surface area contributed by atoms with Crippen LogP contribution in [-0.2, 0) is 0 Å².